The maximum absolute atomic E-state index is 12.2. The van der Waals surface area contributed by atoms with Gasteiger partial charge in [-0.2, -0.15) is 5.26 Å². The van der Waals surface area contributed by atoms with E-state index in [0.29, 0.717) is 18.7 Å². The molecule has 26 heavy (non-hydrogen) atoms. The first-order valence-electron chi connectivity index (χ1n) is 8.75. The van der Waals surface area contributed by atoms with E-state index >= 15 is 0 Å². The molecule has 2 aromatic rings. The van der Waals surface area contributed by atoms with Crippen molar-refractivity contribution in [2.75, 3.05) is 13.1 Å². The van der Waals surface area contributed by atoms with Crippen molar-refractivity contribution in [3.8, 4) is 6.07 Å². The summed E-state index contributed by atoms with van der Waals surface area (Å²) >= 11 is 3.47. The molecule has 0 saturated carbocycles. The van der Waals surface area contributed by atoms with Crippen molar-refractivity contribution in [3.05, 3.63) is 40.0 Å². The third-order valence-electron chi connectivity index (χ3n) is 4.46. The van der Waals surface area contributed by atoms with Gasteiger partial charge in [-0.25, -0.2) is 4.79 Å². The number of fused-ring (bicyclic) bond motifs is 1. The minimum atomic E-state index is -0.491. The number of nitrogens with zero attached hydrogens (tertiary/aromatic N) is 3. The third kappa shape index (κ3) is 4.16. The quantitative estimate of drug-likeness (QED) is 0.658. The van der Waals surface area contributed by atoms with E-state index in [1.165, 1.54) is 0 Å². The third-order valence-corrected chi connectivity index (χ3v) is 4.96. The van der Waals surface area contributed by atoms with Crippen LogP contribution in [0.2, 0.25) is 0 Å². The molecule has 1 aliphatic heterocycles. The highest BCUT2D eigenvalue weighted by atomic mass is 79.9. The number of benzene rings is 1. The SMILES string of the molecule is CC(C)(C)OC(=O)N1CCC(c2nc3cc(Br)ccc3cc2C#N)CC1. The molecule has 1 aliphatic rings. The topological polar surface area (TPSA) is 66.2 Å². The van der Waals surface area contributed by atoms with Crippen molar-refractivity contribution in [1.82, 2.24) is 9.88 Å². The van der Waals surface area contributed by atoms with Crippen molar-refractivity contribution in [3.63, 3.8) is 0 Å². The monoisotopic (exact) mass is 415 g/mol. The molecule has 136 valence electrons. The Morgan fingerprint density at radius 2 is 2.00 bits per heavy atom. The van der Waals surface area contributed by atoms with Crippen molar-refractivity contribution in [2.24, 2.45) is 0 Å². The van der Waals surface area contributed by atoms with Crippen molar-refractivity contribution >= 4 is 32.9 Å². The normalized spacial score (nSPS) is 15.7. The molecule has 1 saturated heterocycles. The average molecular weight is 416 g/mol. The summed E-state index contributed by atoms with van der Waals surface area (Å²) in [5, 5.41) is 10.5. The average Bonchev–Trinajstić information content (AvgIpc) is 2.59. The van der Waals surface area contributed by atoms with E-state index in [9.17, 15) is 10.1 Å². The van der Waals surface area contributed by atoms with E-state index in [1.807, 2.05) is 45.0 Å². The molecule has 0 spiro atoms. The Morgan fingerprint density at radius 3 is 2.62 bits per heavy atom. The van der Waals surface area contributed by atoms with E-state index in [4.69, 9.17) is 9.72 Å². The van der Waals surface area contributed by atoms with E-state index < -0.39 is 5.60 Å². The van der Waals surface area contributed by atoms with E-state index in [2.05, 4.69) is 22.0 Å². The molecule has 2 heterocycles. The van der Waals surface area contributed by atoms with Crippen LogP contribution in [0.1, 0.15) is 50.8 Å². The molecular formula is C20H22BrN3O2. The predicted octanol–water partition coefficient (Wildman–Crippen LogP) is 4.98. The molecule has 1 fully saturated rings. The van der Waals surface area contributed by atoms with Crippen LogP contribution in [0.5, 0.6) is 0 Å². The van der Waals surface area contributed by atoms with Crippen LogP contribution in [0, 0.1) is 11.3 Å². The van der Waals surface area contributed by atoms with Gasteiger partial charge >= 0.3 is 6.09 Å². The number of aromatic nitrogens is 1. The van der Waals surface area contributed by atoms with Crippen molar-refractivity contribution < 1.29 is 9.53 Å². The van der Waals surface area contributed by atoms with Gasteiger partial charge in [0.25, 0.3) is 0 Å². The molecule has 1 amide bonds. The molecular weight excluding hydrogens is 394 g/mol. The molecule has 1 aromatic heterocycles. The number of ether oxygens (including phenoxy) is 1. The van der Waals surface area contributed by atoms with Crippen molar-refractivity contribution in [1.29, 1.82) is 5.26 Å². The van der Waals surface area contributed by atoms with E-state index in [1.54, 1.807) is 4.90 Å². The summed E-state index contributed by atoms with van der Waals surface area (Å²) in [5.41, 5.74) is 1.84. The summed E-state index contributed by atoms with van der Waals surface area (Å²) in [6.45, 7) is 6.83. The first kappa shape index (κ1) is 18.7. The Kier molecular flexibility index (Phi) is 5.19. The number of piperidine rings is 1. The maximum Gasteiger partial charge on any atom is 0.410 e. The van der Waals surface area contributed by atoms with Gasteiger partial charge in [0.15, 0.2) is 0 Å². The lowest BCUT2D eigenvalue weighted by molar-refractivity contribution is 0.0204. The summed E-state index contributed by atoms with van der Waals surface area (Å²) in [6, 6.07) is 10.1. The number of carbonyl (C=O) groups excluding carboxylic acids is 1. The summed E-state index contributed by atoms with van der Waals surface area (Å²) in [6.07, 6.45) is 1.28. The summed E-state index contributed by atoms with van der Waals surface area (Å²) in [4.78, 5) is 18.7. The van der Waals surface area contributed by atoms with Crippen LogP contribution in [-0.4, -0.2) is 34.7 Å². The standard InChI is InChI=1S/C20H22BrN3O2/c1-20(2,3)26-19(25)24-8-6-13(7-9-24)18-15(12-22)10-14-4-5-16(21)11-17(14)23-18/h4-5,10-11,13H,6-9H2,1-3H3. The Morgan fingerprint density at radius 1 is 1.31 bits per heavy atom. The van der Waals surface area contributed by atoms with Gasteiger partial charge in [0.2, 0.25) is 0 Å². The number of carbonyl (C=O) groups is 1. The number of pyridine rings is 1. The van der Waals surface area contributed by atoms with Gasteiger partial charge in [-0.05, 0) is 51.8 Å². The predicted molar refractivity (Wildman–Crippen MR) is 104 cm³/mol. The smallest absolute Gasteiger partial charge is 0.410 e. The van der Waals surface area contributed by atoms with Crippen LogP contribution in [0.25, 0.3) is 10.9 Å². The largest absolute Gasteiger partial charge is 0.444 e. The second-order valence-electron chi connectivity index (χ2n) is 7.61. The zero-order valence-corrected chi connectivity index (χ0v) is 16.8. The van der Waals surface area contributed by atoms with Gasteiger partial charge in [-0.3, -0.25) is 4.98 Å². The lowest BCUT2D eigenvalue weighted by Crippen LogP contribution is -2.41. The van der Waals surface area contributed by atoms with Crippen molar-refractivity contribution in [2.45, 2.75) is 45.1 Å². The molecule has 1 aromatic carbocycles. The Labute approximate surface area is 162 Å². The lowest BCUT2D eigenvalue weighted by atomic mass is 9.90. The first-order valence-corrected chi connectivity index (χ1v) is 9.54. The molecule has 3 rings (SSSR count). The second-order valence-corrected chi connectivity index (χ2v) is 8.53. The highest BCUT2D eigenvalue weighted by Crippen LogP contribution is 2.32. The molecule has 6 heteroatoms. The minimum absolute atomic E-state index is 0.173. The summed E-state index contributed by atoms with van der Waals surface area (Å²) in [7, 11) is 0. The zero-order valence-electron chi connectivity index (χ0n) is 15.3. The number of likely N-dealkylation sites (tertiary alicyclic amines) is 1. The lowest BCUT2D eigenvalue weighted by Gasteiger charge is -2.33. The summed E-state index contributed by atoms with van der Waals surface area (Å²) in [5.74, 6) is 0.173. The first-order chi connectivity index (χ1) is 12.3. The van der Waals surface area contributed by atoms with Gasteiger partial charge in [0.05, 0.1) is 16.8 Å². The van der Waals surface area contributed by atoms with Gasteiger partial charge in [0, 0.05) is 28.9 Å². The van der Waals surface area contributed by atoms with E-state index in [0.717, 1.165) is 33.9 Å². The molecule has 0 unspecified atom stereocenters. The molecule has 0 radical (unpaired) electrons. The number of rotatable bonds is 1. The van der Waals surface area contributed by atoms with Crippen LogP contribution in [0.15, 0.2) is 28.7 Å². The number of hydrogen-bond acceptors (Lipinski definition) is 4. The Balaban J connectivity index is 1.79. The zero-order chi connectivity index (χ0) is 18.9. The van der Waals surface area contributed by atoms with Gasteiger partial charge in [0.1, 0.15) is 11.7 Å². The minimum Gasteiger partial charge on any atom is -0.444 e. The highest BCUT2D eigenvalue weighted by Gasteiger charge is 2.29. The maximum atomic E-state index is 12.2. The fourth-order valence-corrected chi connectivity index (χ4v) is 3.57. The van der Waals surface area contributed by atoms with Gasteiger partial charge < -0.3 is 9.64 Å². The van der Waals surface area contributed by atoms with Crippen LogP contribution in [0.4, 0.5) is 4.79 Å². The summed E-state index contributed by atoms with van der Waals surface area (Å²) < 4.78 is 6.41. The molecule has 0 N–H and O–H groups in total. The number of halogens is 1. The van der Waals surface area contributed by atoms with Gasteiger partial charge in [-0.15, -0.1) is 0 Å². The van der Waals surface area contributed by atoms with Crippen LogP contribution >= 0.6 is 15.9 Å². The number of nitriles is 1. The fraction of sp³-hybridized carbons (Fsp3) is 0.450. The van der Waals surface area contributed by atoms with Crippen LogP contribution in [-0.2, 0) is 4.74 Å². The molecule has 0 atom stereocenters. The van der Waals surface area contributed by atoms with Crippen LogP contribution in [0.3, 0.4) is 0 Å². The fourth-order valence-electron chi connectivity index (χ4n) is 3.22. The molecule has 0 bridgehead atoms. The van der Waals surface area contributed by atoms with Crippen LogP contribution < -0.4 is 0 Å². The highest BCUT2D eigenvalue weighted by molar-refractivity contribution is 9.10. The van der Waals surface area contributed by atoms with Gasteiger partial charge in [-0.1, -0.05) is 22.0 Å². The number of amides is 1. The Hall–Kier alpha value is -2.13. The Bertz CT molecular complexity index is 875. The molecule has 5 nitrogen and oxygen atoms in total. The second kappa shape index (κ2) is 7.24. The number of hydrogen-bond donors (Lipinski definition) is 0. The van der Waals surface area contributed by atoms with E-state index in [-0.39, 0.29) is 12.0 Å². The molecule has 0 aliphatic carbocycles.